The summed E-state index contributed by atoms with van der Waals surface area (Å²) in [5, 5.41) is 26.2. The Morgan fingerprint density at radius 2 is 2.19 bits per heavy atom. The highest BCUT2D eigenvalue weighted by Gasteiger charge is 2.05. The number of hydrogen-bond acceptors (Lipinski definition) is 4. The minimum absolute atomic E-state index is 0.0208. The van der Waals surface area contributed by atoms with Gasteiger partial charge in [-0.3, -0.25) is 4.79 Å². The maximum Gasteiger partial charge on any atom is 0.307 e. The number of aliphatic hydroxyl groups excluding tert-OH is 2. The molecule has 1 aromatic carbocycles. The van der Waals surface area contributed by atoms with Crippen molar-refractivity contribution >= 4 is 5.97 Å². The van der Waals surface area contributed by atoms with Crippen molar-refractivity contribution in [1.29, 1.82) is 0 Å². The van der Waals surface area contributed by atoms with E-state index >= 15 is 0 Å². The molecule has 0 bridgehead atoms. The van der Waals surface area contributed by atoms with Crippen LogP contribution >= 0.6 is 0 Å². The molecule has 3 N–H and O–H groups in total. The van der Waals surface area contributed by atoms with Crippen LogP contribution in [0.4, 0.5) is 0 Å². The summed E-state index contributed by atoms with van der Waals surface area (Å²) in [6, 6.07) is 6.62. The Kier molecular flexibility index (Phi) is 4.75. The monoisotopic (exact) mass is 226 g/mol. The molecule has 5 heteroatoms. The smallest absolute Gasteiger partial charge is 0.307 e. The average Bonchev–Trinajstić information content (AvgIpc) is 2.25. The lowest BCUT2D eigenvalue weighted by Gasteiger charge is -2.10. The minimum atomic E-state index is -0.928. The number of carbonyl (C=O) groups is 1. The normalized spacial score (nSPS) is 12.1. The van der Waals surface area contributed by atoms with Gasteiger partial charge in [-0.1, -0.05) is 12.1 Å². The zero-order valence-electron chi connectivity index (χ0n) is 8.67. The van der Waals surface area contributed by atoms with Crippen LogP contribution in [0.1, 0.15) is 5.56 Å². The molecule has 0 saturated carbocycles. The highest BCUT2D eigenvalue weighted by atomic mass is 16.5. The molecule has 88 valence electrons. The first-order valence-electron chi connectivity index (χ1n) is 4.84. The Morgan fingerprint density at radius 1 is 1.44 bits per heavy atom. The van der Waals surface area contributed by atoms with Crippen molar-refractivity contribution in [3.05, 3.63) is 29.8 Å². The van der Waals surface area contributed by atoms with Gasteiger partial charge in [-0.2, -0.15) is 0 Å². The molecule has 0 fully saturated rings. The van der Waals surface area contributed by atoms with E-state index in [4.69, 9.17) is 20.1 Å². The molecule has 0 aliphatic rings. The quantitative estimate of drug-likeness (QED) is 0.637. The zero-order valence-corrected chi connectivity index (χ0v) is 8.67. The molecule has 1 rings (SSSR count). The molecule has 1 atom stereocenters. The van der Waals surface area contributed by atoms with Gasteiger partial charge in [0, 0.05) is 0 Å². The van der Waals surface area contributed by atoms with Crippen LogP contribution in [0, 0.1) is 0 Å². The van der Waals surface area contributed by atoms with Crippen molar-refractivity contribution in [3.63, 3.8) is 0 Å². The van der Waals surface area contributed by atoms with E-state index in [1.165, 1.54) is 0 Å². The lowest BCUT2D eigenvalue weighted by Crippen LogP contribution is -2.21. The van der Waals surface area contributed by atoms with Gasteiger partial charge in [0.15, 0.2) is 0 Å². The Bertz CT molecular complexity index is 350. The molecule has 1 aromatic rings. The molecule has 0 saturated heterocycles. The maximum atomic E-state index is 10.5. The van der Waals surface area contributed by atoms with Gasteiger partial charge in [0.25, 0.3) is 0 Å². The number of ether oxygens (including phenoxy) is 1. The highest BCUT2D eigenvalue weighted by molar-refractivity contribution is 5.70. The molecule has 0 radical (unpaired) electrons. The van der Waals surface area contributed by atoms with Gasteiger partial charge in [-0.25, -0.2) is 0 Å². The van der Waals surface area contributed by atoms with E-state index in [-0.39, 0.29) is 19.6 Å². The second-order valence-corrected chi connectivity index (χ2v) is 3.37. The number of aliphatic hydroxyl groups is 2. The SMILES string of the molecule is O=C(O)Cc1cccc(OCC(O)CO)c1. The molecule has 0 aliphatic heterocycles. The Hall–Kier alpha value is -1.59. The summed E-state index contributed by atoms with van der Waals surface area (Å²) >= 11 is 0. The number of hydrogen-bond donors (Lipinski definition) is 3. The first-order valence-corrected chi connectivity index (χ1v) is 4.84. The van der Waals surface area contributed by atoms with Crippen LogP contribution in [0.15, 0.2) is 24.3 Å². The standard InChI is InChI=1S/C11H14O5/c12-6-9(13)7-16-10-3-1-2-8(4-10)5-11(14)15/h1-4,9,12-13H,5-7H2,(H,14,15). The first-order chi connectivity index (χ1) is 7.61. The molecule has 0 aromatic heterocycles. The fourth-order valence-corrected chi connectivity index (χ4v) is 1.16. The van der Waals surface area contributed by atoms with Gasteiger partial charge in [0.1, 0.15) is 18.5 Å². The van der Waals surface area contributed by atoms with Crippen LogP contribution in [0.25, 0.3) is 0 Å². The van der Waals surface area contributed by atoms with E-state index in [1.54, 1.807) is 24.3 Å². The summed E-state index contributed by atoms with van der Waals surface area (Å²) in [4.78, 5) is 10.5. The summed E-state index contributed by atoms with van der Waals surface area (Å²) in [5.74, 6) is -0.432. The largest absolute Gasteiger partial charge is 0.491 e. The fraction of sp³-hybridized carbons (Fsp3) is 0.364. The zero-order chi connectivity index (χ0) is 12.0. The molecule has 5 nitrogen and oxygen atoms in total. The van der Waals surface area contributed by atoms with Gasteiger partial charge in [0.2, 0.25) is 0 Å². The molecule has 0 amide bonds. The fourth-order valence-electron chi connectivity index (χ4n) is 1.16. The Balaban J connectivity index is 2.56. The van der Waals surface area contributed by atoms with Crippen LogP contribution in [0.3, 0.4) is 0 Å². The first kappa shape index (κ1) is 12.5. The lowest BCUT2D eigenvalue weighted by molar-refractivity contribution is -0.136. The predicted octanol–water partition coefficient (Wildman–Crippen LogP) is 0.0457. The van der Waals surface area contributed by atoms with E-state index in [0.29, 0.717) is 11.3 Å². The molecule has 16 heavy (non-hydrogen) atoms. The second-order valence-electron chi connectivity index (χ2n) is 3.37. The third kappa shape index (κ3) is 4.29. The van der Waals surface area contributed by atoms with Gasteiger partial charge in [-0.15, -0.1) is 0 Å². The van der Waals surface area contributed by atoms with Gasteiger partial charge >= 0.3 is 5.97 Å². The summed E-state index contributed by atoms with van der Waals surface area (Å²) in [6.07, 6.45) is -0.997. The van der Waals surface area contributed by atoms with Crippen molar-refractivity contribution < 1.29 is 24.9 Å². The van der Waals surface area contributed by atoms with Crippen LogP contribution in [0.5, 0.6) is 5.75 Å². The van der Waals surface area contributed by atoms with Crippen molar-refractivity contribution in [2.75, 3.05) is 13.2 Å². The van der Waals surface area contributed by atoms with Crippen molar-refractivity contribution in [2.24, 2.45) is 0 Å². The van der Waals surface area contributed by atoms with E-state index in [9.17, 15) is 4.79 Å². The van der Waals surface area contributed by atoms with Crippen LogP contribution < -0.4 is 4.74 Å². The van der Waals surface area contributed by atoms with E-state index in [0.717, 1.165) is 0 Å². The number of carboxylic acids is 1. The van der Waals surface area contributed by atoms with Gasteiger partial charge in [0.05, 0.1) is 13.0 Å². The third-order valence-electron chi connectivity index (χ3n) is 1.91. The molecule has 0 heterocycles. The van der Waals surface area contributed by atoms with Crippen LogP contribution in [-0.2, 0) is 11.2 Å². The maximum absolute atomic E-state index is 10.5. The van der Waals surface area contributed by atoms with Gasteiger partial charge < -0.3 is 20.1 Å². The third-order valence-corrected chi connectivity index (χ3v) is 1.91. The molecule has 1 unspecified atom stereocenters. The summed E-state index contributed by atoms with van der Waals surface area (Å²) in [5.41, 5.74) is 0.628. The van der Waals surface area contributed by atoms with Crippen molar-refractivity contribution in [1.82, 2.24) is 0 Å². The Labute approximate surface area is 92.9 Å². The van der Waals surface area contributed by atoms with Gasteiger partial charge in [-0.05, 0) is 17.7 Å². The van der Waals surface area contributed by atoms with E-state index in [2.05, 4.69) is 0 Å². The molecular weight excluding hydrogens is 212 g/mol. The summed E-state index contributed by atoms with van der Waals surface area (Å²) in [6.45, 7) is -0.387. The lowest BCUT2D eigenvalue weighted by atomic mass is 10.1. The summed E-state index contributed by atoms with van der Waals surface area (Å²) in [7, 11) is 0. The molecule has 0 spiro atoms. The van der Waals surface area contributed by atoms with E-state index in [1.807, 2.05) is 0 Å². The van der Waals surface area contributed by atoms with Crippen molar-refractivity contribution in [3.8, 4) is 5.75 Å². The second kappa shape index (κ2) is 6.09. The molecular formula is C11H14O5. The minimum Gasteiger partial charge on any atom is -0.491 e. The number of rotatable bonds is 6. The number of benzene rings is 1. The summed E-state index contributed by atoms with van der Waals surface area (Å²) < 4.78 is 5.18. The number of aliphatic carboxylic acids is 1. The molecule has 0 aliphatic carbocycles. The topological polar surface area (TPSA) is 87.0 Å². The van der Waals surface area contributed by atoms with Crippen LogP contribution in [0.2, 0.25) is 0 Å². The van der Waals surface area contributed by atoms with E-state index < -0.39 is 12.1 Å². The van der Waals surface area contributed by atoms with Crippen molar-refractivity contribution in [2.45, 2.75) is 12.5 Å². The highest BCUT2D eigenvalue weighted by Crippen LogP contribution is 2.14. The average molecular weight is 226 g/mol. The predicted molar refractivity (Wildman–Crippen MR) is 56.4 cm³/mol. The Morgan fingerprint density at radius 3 is 2.81 bits per heavy atom. The number of carboxylic acid groups (broad SMARTS) is 1. The van der Waals surface area contributed by atoms with Crippen LogP contribution in [-0.4, -0.2) is 40.6 Å².